The van der Waals surface area contributed by atoms with E-state index in [1.807, 2.05) is 0 Å². The average molecular weight is 214 g/mol. The van der Waals surface area contributed by atoms with Crippen LogP contribution in [-0.2, 0) is 4.74 Å². The molecule has 1 aliphatic rings. The number of hydrogen-bond donors (Lipinski definition) is 1. The normalized spacial score (nSPS) is 29.6. The molecule has 1 rings (SSSR count). The fourth-order valence-electron chi connectivity index (χ4n) is 2.62. The van der Waals surface area contributed by atoms with Gasteiger partial charge in [-0.05, 0) is 25.8 Å². The number of rotatable bonds is 6. The van der Waals surface area contributed by atoms with E-state index in [1.54, 1.807) is 7.11 Å². The average Bonchev–Trinajstić information content (AvgIpc) is 2.52. The van der Waals surface area contributed by atoms with Crippen LogP contribution in [0.25, 0.3) is 0 Å². The van der Waals surface area contributed by atoms with Gasteiger partial charge < -0.3 is 10.1 Å². The van der Waals surface area contributed by atoms with E-state index in [9.17, 15) is 0 Å². The van der Waals surface area contributed by atoms with Crippen molar-refractivity contribution in [3.63, 3.8) is 0 Å². The summed E-state index contributed by atoms with van der Waals surface area (Å²) in [6.07, 6.45) is 1.33. The van der Waals surface area contributed by atoms with Crippen molar-refractivity contribution in [1.29, 1.82) is 0 Å². The number of ether oxygens (including phenoxy) is 1. The molecule has 1 N–H and O–H groups in total. The van der Waals surface area contributed by atoms with Crippen LogP contribution in [0.15, 0.2) is 0 Å². The van der Waals surface area contributed by atoms with Crippen LogP contribution in [0.5, 0.6) is 0 Å². The van der Waals surface area contributed by atoms with Crippen molar-refractivity contribution in [2.24, 2.45) is 5.92 Å². The first kappa shape index (κ1) is 12.9. The van der Waals surface area contributed by atoms with Crippen molar-refractivity contribution >= 4 is 0 Å². The largest absolute Gasteiger partial charge is 0.383 e. The van der Waals surface area contributed by atoms with Crippen LogP contribution in [0, 0.1) is 5.92 Å². The highest BCUT2D eigenvalue weighted by atomic mass is 16.5. The van der Waals surface area contributed by atoms with E-state index in [2.05, 4.69) is 31.0 Å². The first-order valence-corrected chi connectivity index (χ1v) is 6.14. The number of methoxy groups -OCH3 is 1. The van der Waals surface area contributed by atoms with Gasteiger partial charge in [-0.15, -0.1) is 0 Å². The molecule has 0 aromatic carbocycles. The fraction of sp³-hybridized carbons (Fsp3) is 1.00. The molecule has 3 atom stereocenters. The summed E-state index contributed by atoms with van der Waals surface area (Å²) in [6, 6.07) is 1.24. The standard InChI is InChI=1S/C12H26N2O/c1-5-13-7-12(9-15-4)14-8-10(2)6-11(14)3/h10-13H,5-9H2,1-4H3. The smallest absolute Gasteiger partial charge is 0.0630 e. The molecule has 1 fully saturated rings. The van der Waals surface area contributed by atoms with Gasteiger partial charge in [-0.25, -0.2) is 0 Å². The van der Waals surface area contributed by atoms with Crippen LogP contribution < -0.4 is 5.32 Å². The third-order valence-electron chi connectivity index (χ3n) is 3.29. The van der Waals surface area contributed by atoms with E-state index in [4.69, 9.17) is 4.74 Å². The lowest BCUT2D eigenvalue weighted by atomic mass is 10.1. The Kier molecular flexibility index (Phi) is 5.58. The van der Waals surface area contributed by atoms with E-state index in [0.717, 1.165) is 25.6 Å². The summed E-state index contributed by atoms with van der Waals surface area (Å²) in [5.74, 6) is 0.834. The minimum Gasteiger partial charge on any atom is -0.383 e. The van der Waals surface area contributed by atoms with Crippen molar-refractivity contribution in [3.05, 3.63) is 0 Å². The van der Waals surface area contributed by atoms with Gasteiger partial charge >= 0.3 is 0 Å². The highest BCUT2D eigenvalue weighted by Gasteiger charge is 2.31. The fourth-order valence-corrected chi connectivity index (χ4v) is 2.62. The molecule has 1 heterocycles. The Morgan fingerprint density at radius 1 is 1.47 bits per heavy atom. The summed E-state index contributed by atoms with van der Waals surface area (Å²) in [5, 5.41) is 3.42. The van der Waals surface area contributed by atoms with Crippen molar-refractivity contribution in [3.8, 4) is 0 Å². The predicted molar refractivity (Wildman–Crippen MR) is 64.2 cm³/mol. The molecule has 0 amide bonds. The highest BCUT2D eigenvalue weighted by Crippen LogP contribution is 2.24. The van der Waals surface area contributed by atoms with Gasteiger partial charge in [-0.3, -0.25) is 4.90 Å². The van der Waals surface area contributed by atoms with Gasteiger partial charge in [0.25, 0.3) is 0 Å². The Balaban J connectivity index is 2.46. The van der Waals surface area contributed by atoms with E-state index < -0.39 is 0 Å². The Morgan fingerprint density at radius 2 is 2.20 bits per heavy atom. The first-order chi connectivity index (χ1) is 7.19. The maximum absolute atomic E-state index is 5.32. The Bertz CT molecular complexity index is 175. The molecule has 1 aliphatic heterocycles. The first-order valence-electron chi connectivity index (χ1n) is 6.14. The third-order valence-corrected chi connectivity index (χ3v) is 3.29. The molecule has 3 heteroatoms. The van der Waals surface area contributed by atoms with Gasteiger partial charge in [0.1, 0.15) is 0 Å². The number of likely N-dealkylation sites (tertiary alicyclic amines) is 1. The molecule has 0 spiro atoms. The summed E-state index contributed by atoms with van der Waals surface area (Å²) < 4.78 is 5.32. The second-order valence-corrected chi connectivity index (χ2v) is 4.80. The monoisotopic (exact) mass is 214 g/mol. The molecular weight excluding hydrogens is 188 g/mol. The quantitative estimate of drug-likeness (QED) is 0.722. The van der Waals surface area contributed by atoms with Crippen molar-refractivity contribution in [2.45, 2.75) is 39.3 Å². The Morgan fingerprint density at radius 3 is 2.67 bits per heavy atom. The van der Waals surface area contributed by atoms with E-state index in [0.29, 0.717) is 12.1 Å². The lowest BCUT2D eigenvalue weighted by Gasteiger charge is -2.31. The number of nitrogens with one attached hydrogen (secondary N) is 1. The zero-order chi connectivity index (χ0) is 11.3. The van der Waals surface area contributed by atoms with Gasteiger partial charge in [0.05, 0.1) is 6.61 Å². The van der Waals surface area contributed by atoms with Crippen molar-refractivity contribution in [1.82, 2.24) is 10.2 Å². The van der Waals surface area contributed by atoms with Crippen LogP contribution in [-0.4, -0.2) is 50.3 Å². The van der Waals surface area contributed by atoms with E-state index in [-0.39, 0.29) is 0 Å². The maximum atomic E-state index is 5.32. The zero-order valence-corrected chi connectivity index (χ0v) is 10.6. The third kappa shape index (κ3) is 3.74. The molecule has 0 bridgehead atoms. The van der Waals surface area contributed by atoms with Crippen LogP contribution >= 0.6 is 0 Å². The molecule has 15 heavy (non-hydrogen) atoms. The van der Waals surface area contributed by atoms with Gasteiger partial charge in [0.2, 0.25) is 0 Å². The minimum absolute atomic E-state index is 0.537. The topological polar surface area (TPSA) is 24.5 Å². The molecule has 3 unspecified atom stereocenters. The maximum Gasteiger partial charge on any atom is 0.0630 e. The van der Waals surface area contributed by atoms with Gasteiger partial charge in [-0.2, -0.15) is 0 Å². The molecule has 0 aliphatic carbocycles. The van der Waals surface area contributed by atoms with Crippen LogP contribution in [0.3, 0.4) is 0 Å². The highest BCUT2D eigenvalue weighted by molar-refractivity contribution is 4.86. The molecule has 1 saturated heterocycles. The summed E-state index contributed by atoms with van der Waals surface area (Å²) >= 11 is 0. The van der Waals surface area contributed by atoms with Crippen LogP contribution in [0.4, 0.5) is 0 Å². The Labute approximate surface area is 94.2 Å². The number of likely N-dealkylation sites (N-methyl/N-ethyl adjacent to an activating group) is 1. The van der Waals surface area contributed by atoms with Gasteiger partial charge in [0.15, 0.2) is 0 Å². The second kappa shape index (κ2) is 6.46. The van der Waals surface area contributed by atoms with Crippen molar-refractivity contribution < 1.29 is 4.74 Å². The summed E-state index contributed by atoms with van der Waals surface area (Å²) in [6.45, 7) is 11.0. The van der Waals surface area contributed by atoms with E-state index in [1.165, 1.54) is 13.0 Å². The molecule has 0 saturated carbocycles. The lowest BCUT2D eigenvalue weighted by Crippen LogP contribution is -2.46. The molecule has 90 valence electrons. The van der Waals surface area contributed by atoms with Crippen LogP contribution in [0.1, 0.15) is 27.2 Å². The minimum atomic E-state index is 0.537. The molecular formula is C12H26N2O. The molecule has 0 aromatic rings. The van der Waals surface area contributed by atoms with E-state index >= 15 is 0 Å². The lowest BCUT2D eigenvalue weighted by molar-refractivity contribution is 0.0843. The van der Waals surface area contributed by atoms with Crippen molar-refractivity contribution in [2.75, 3.05) is 33.4 Å². The molecule has 3 nitrogen and oxygen atoms in total. The summed E-state index contributed by atoms with van der Waals surface area (Å²) in [5.41, 5.74) is 0. The molecule has 0 aromatic heterocycles. The second-order valence-electron chi connectivity index (χ2n) is 4.80. The number of nitrogens with zero attached hydrogens (tertiary/aromatic N) is 1. The Hall–Kier alpha value is -0.120. The van der Waals surface area contributed by atoms with Gasteiger partial charge in [0, 0.05) is 32.3 Å². The predicted octanol–water partition coefficient (Wildman–Crippen LogP) is 1.34. The summed E-state index contributed by atoms with van der Waals surface area (Å²) in [4.78, 5) is 2.59. The SMILES string of the molecule is CCNCC(COC)N1CC(C)CC1C. The molecule has 0 radical (unpaired) electrons. The zero-order valence-electron chi connectivity index (χ0n) is 10.6. The van der Waals surface area contributed by atoms with Gasteiger partial charge in [-0.1, -0.05) is 13.8 Å². The van der Waals surface area contributed by atoms with Crippen LogP contribution in [0.2, 0.25) is 0 Å². The summed E-state index contributed by atoms with van der Waals surface area (Å²) in [7, 11) is 1.79. The number of hydrogen-bond acceptors (Lipinski definition) is 3.